The lowest BCUT2D eigenvalue weighted by atomic mass is 9.87. The number of carbonyl (C=O) groups is 1. The lowest BCUT2D eigenvalue weighted by Gasteiger charge is -2.22. The van der Waals surface area contributed by atoms with E-state index in [9.17, 15) is 4.79 Å². The Balaban J connectivity index is 1.55. The zero-order valence-electron chi connectivity index (χ0n) is 19.7. The van der Waals surface area contributed by atoms with E-state index in [1.165, 1.54) is 16.7 Å². The molecule has 174 valence electrons. The first kappa shape index (κ1) is 23.0. The average molecular weight is 448 g/mol. The Kier molecular flexibility index (Phi) is 7.07. The molecule has 5 heteroatoms. The van der Waals surface area contributed by atoms with Crippen molar-refractivity contribution in [3.63, 3.8) is 0 Å². The van der Waals surface area contributed by atoms with Gasteiger partial charge in [-0.1, -0.05) is 24.3 Å². The van der Waals surface area contributed by atoms with E-state index >= 15 is 0 Å². The first-order chi connectivity index (χ1) is 15.9. The van der Waals surface area contributed by atoms with Crippen LogP contribution in [-0.2, 0) is 37.0 Å². The number of hydrogen-bond acceptors (Lipinski definition) is 3. The topological polar surface area (TPSA) is 60.7 Å². The maximum atomic E-state index is 11.1. The van der Waals surface area contributed by atoms with Gasteiger partial charge in [-0.25, -0.2) is 0 Å². The van der Waals surface area contributed by atoms with Gasteiger partial charge in [0.25, 0.3) is 0 Å². The van der Waals surface area contributed by atoms with Gasteiger partial charge < -0.3 is 19.1 Å². The highest BCUT2D eigenvalue weighted by Gasteiger charge is 2.25. The molecule has 1 aliphatic rings. The molecule has 4 rings (SSSR count). The van der Waals surface area contributed by atoms with Crippen LogP contribution in [0.15, 0.2) is 54.9 Å². The maximum Gasteiger partial charge on any atom is 0.307 e. The van der Waals surface area contributed by atoms with Crippen LogP contribution in [0.4, 0.5) is 0 Å². The van der Waals surface area contributed by atoms with Crippen molar-refractivity contribution in [3.05, 3.63) is 82.7 Å². The van der Waals surface area contributed by atoms with E-state index in [-0.39, 0.29) is 6.42 Å². The molecule has 3 aromatic rings. The van der Waals surface area contributed by atoms with Gasteiger partial charge in [-0.3, -0.25) is 4.79 Å². The number of carboxylic acids is 1. The van der Waals surface area contributed by atoms with E-state index < -0.39 is 5.97 Å². The molecule has 0 bridgehead atoms. The van der Waals surface area contributed by atoms with Gasteiger partial charge in [0.05, 0.1) is 20.6 Å². The van der Waals surface area contributed by atoms with Crippen LogP contribution in [0, 0.1) is 18.8 Å². The lowest BCUT2D eigenvalue weighted by molar-refractivity contribution is -0.136. The number of nitrogens with zero attached hydrogens (tertiary/aromatic N) is 1. The molecule has 0 amide bonds. The second-order valence-electron chi connectivity index (χ2n) is 9.26. The number of aromatic nitrogens is 1. The van der Waals surface area contributed by atoms with Crippen LogP contribution < -0.4 is 9.47 Å². The molecule has 1 aromatic heterocycles. The molecule has 33 heavy (non-hydrogen) atoms. The van der Waals surface area contributed by atoms with Gasteiger partial charge in [-0.2, -0.15) is 0 Å². The fourth-order valence-electron chi connectivity index (χ4n) is 5.28. The monoisotopic (exact) mass is 447 g/mol. The summed E-state index contributed by atoms with van der Waals surface area (Å²) < 4.78 is 13.4. The Morgan fingerprint density at radius 1 is 1.06 bits per heavy atom. The lowest BCUT2D eigenvalue weighted by Crippen LogP contribution is -2.18. The van der Waals surface area contributed by atoms with Crippen LogP contribution >= 0.6 is 0 Å². The first-order valence-electron chi connectivity index (χ1n) is 11.6. The van der Waals surface area contributed by atoms with Crippen LogP contribution in [-0.4, -0.2) is 29.9 Å². The smallest absolute Gasteiger partial charge is 0.307 e. The van der Waals surface area contributed by atoms with Gasteiger partial charge in [0.15, 0.2) is 0 Å². The summed E-state index contributed by atoms with van der Waals surface area (Å²) in [6.45, 7) is 2.86. The van der Waals surface area contributed by atoms with Crippen LogP contribution in [0.3, 0.4) is 0 Å². The van der Waals surface area contributed by atoms with Crippen molar-refractivity contribution in [1.82, 2.24) is 4.57 Å². The summed E-state index contributed by atoms with van der Waals surface area (Å²) in [7, 11) is 3.39. The number of methoxy groups -OCH3 is 2. The third-order valence-corrected chi connectivity index (χ3v) is 6.77. The van der Waals surface area contributed by atoms with Crippen molar-refractivity contribution in [2.45, 2.75) is 45.6 Å². The summed E-state index contributed by atoms with van der Waals surface area (Å²) in [5, 5.41) is 9.12. The van der Waals surface area contributed by atoms with Crippen LogP contribution in [0.25, 0.3) is 0 Å². The van der Waals surface area contributed by atoms with Crippen molar-refractivity contribution in [2.75, 3.05) is 14.2 Å². The SMILES string of the molecule is COc1cc(C[C@@H](CC2Cc3ccccc3C2)Cn2ccc(CC(=O)O)c2)cc(OC)c1C. The van der Waals surface area contributed by atoms with Crippen molar-refractivity contribution in [3.8, 4) is 11.5 Å². The van der Waals surface area contributed by atoms with E-state index in [0.29, 0.717) is 11.8 Å². The molecular formula is C28H33NO4. The Morgan fingerprint density at radius 2 is 1.70 bits per heavy atom. The van der Waals surface area contributed by atoms with E-state index in [0.717, 1.165) is 54.9 Å². The number of aliphatic carboxylic acids is 1. The molecule has 1 N–H and O–H groups in total. The maximum absolute atomic E-state index is 11.1. The highest BCUT2D eigenvalue weighted by atomic mass is 16.5. The number of ether oxygens (including phenoxy) is 2. The zero-order chi connectivity index (χ0) is 23.4. The van der Waals surface area contributed by atoms with E-state index in [1.807, 2.05) is 25.4 Å². The predicted molar refractivity (Wildman–Crippen MR) is 129 cm³/mol. The highest BCUT2D eigenvalue weighted by Crippen LogP contribution is 2.35. The number of fused-ring (bicyclic) bond motifs is 1. The van der Waals surface area contributed by atoms with Crippen molar-refractivity contribution in [1.29, 1.82) is 0 Å². The minimum atomic E-state index is -0.799. The molecule has 0 fully saturated rings. The van der Waals surface area contributed by atoms with Crippen LogP contribution in [0.1, 0.15) is 34.2 Å². The second kappa shape index (κ2) is 10.2. The molecule has 2 aromatic carbocycles. The first-order valence-corrected chi connectivity index (χ1v) is 11.6. The Hall–Kier alpha value is -3.21. The second-order valence-corrected chi connectivity index (χ2v) is 9.26. The largest absolute Gasteiger partial charge is 0.496 e. The van der Waals surface area contributed by atoms with Crippen LogP contribution in [0.5, 0.6) is 11.5 Å². The molecule has 5 nitrogen and oxygen atoms in total. The molecule has 0 saturated heterocycles. The van der Waals surface area contributed by atoms with Gasteiger partial charge in [-0.05, 0) is 84.9 Å². The molecule has 0 unspecified atom stereocenters. The molecule has 0 aliphatic heterocycles. The Morgan fingerprint density at radius 3 is 2.27 bits per heavy atom. The van der Waals surface area contributed by atoms with E-state index in [2.05, 4.69) is 41.0 Å². The fraction of sp³-hybridized carbons (Fsp3) is 0.393. The molecular weight excluding hydrogens is 414 g/mol. The summed E-state index contributed by atoms with van der Waals surface area (Å²) in [5.74, 6) is 1.93. The van der Waals surface area contributed by atoms with Crippen molar-refractivity contribution < 1.29 is 19.4 Å². The zero-order valence-corrected chi connectivity index (χ0v) is 19.7. The van der Waals surface area contributed by atoms with Gasteiger partial charge in [-0.15, -0.1) is 0 Å². The standard InChI is InChI=1S/C28H33NO4/c1-19-26(32-2)14-22(15-27(19)33-3)11-23(18-29-9-8-20(17-29)16-28(30)31)10-21-12-24-6-4-5-7-25(24)13-21/h4-9,14-15,17,21,23H,10-13,16,18H2,1-3H3,(H,30,31)/t23-/m1/s1. The van der Waals surface area contributed by atoms with Gasteiger partial charge in [0.2, 0.25) is 0 Å². The van der Waals surface area contributed by atoms with Gasteiger partial charge in [0.1, 0.15) is 11.5 Å². The number of hydrogen-bond donors (Lipinski definition) is 1. The predicted octanol–water partition coefficient (Wildman–Crippen LogP) is 5.10. The van der Waals surface area contributed by atoms with Crippen molar-refractivity contribution >= 4 is 5.97 Å². The minimum absolute atomic E-state index is 0.0575. The Labute approximate surface area is 196 Å². The summed E-state index contributed by atoms with van der Waals surface area (Å²) in [4.78, 5) is 11.1. The molecule has 1 heterocycles. The summed E-state index contributed by atoms with van der Waals surface area (Å²) >= 11 is 0. The van der Waals surface area contributed by atoms with E-state index in [1.54, 1.807) is 14.2 Å². The van der Waals surface area contributed by atoms with Crippen LogP contribution in [0.2, 0.25) is 0 Å². The highest BCUT2D eigenvalue weighted by molar-refractivity contribution is 5.70. The minimum Gasteiger partial charge on any atom is -0.496 e. The summed E-state index contributed by atoms with van der Waals surface area (Å²) in [5.41, 5.74) is 6.01. The normalized spacial score (nSPS) is 14.2. The van der Waals surface area contributed by atoms with Gasteiger partial charge >= 0.3 is 5.97 Å². The summed E-state index contributed by atoms with van der Waals surface area (Å²) in [6, 6.07) is 14.9. The van der Waals surface area contributed by atoms with Crippen molar-refractivity contribution in [2.24, 2.45) is 11.8 Å². The average Bonchev–Trinajstić information content (AvgIpc) is 3.40. The Bertz CT molecular complexity index is 1070. The molecule has 1 aliphatic carbocycles. The third-order valence-electron chi connectivity index (χ3n) is 6.77. The fourth-order valence-corrected chi connectivity index (χ4v) is 5.28. The quantitative estimate of drug-likeness (QED) is 0.469. The summed E-state index contributed by atoms with van der Waals surface area (Å²) in [6.07, 6.45) is 8.31. The molecule has 1 atom stereocenters. The number of rotatable bonds is 10. The number of benzene rings is 2. The van der Waals surface area contributed by atoms with E-state index in [4.69, 9.17) is 14.6 Å². The number of carboxylic acid groups (broad SMARTS) is 1. The molecule has 0 saturated carbocycles. The molecule has 0 spiro atoms. The van der Waals surface area contributed by atoms with Gasteiger partial charge in [0, 0.05) is 24.5 Å². The third kappa shape index (κ3) is 5.59. The molecule has 0 radical (unpaired) electrons.